The Balaban J connectivity index is 4.55. The van der Waals surface area contributed by atoms with E-state index in [1.54, 1.807) is 0 Å². The largest absolute Gasteiger partial charge is 0.462 e. The highest BCUT2D eigenvalue weighted by Gasteiger charge is 2.19. The highest BCUT2D eigenvalue weighted by atomic mass is 16.6. The molecule has 0 bridgehead atoms. The van der Waals surface area contributed by atoms with Crippen LogP contribution < -0.4 is 0 Å². The minimum Gasteiger partial charge on any atom is -0.462 e. The Morgan fingerprint density at radius 3 is 0.835 bits per heavy atom. The van der Waals surface area contributed by atoms with E-state index < -0.39 is 12.1 Å². The van der Waals surface area contributed by atoms with E-state index >= 15 is 0 Å². The molecular weight excluding hydrogens is 973 g/mol. The lowest BCUT2D eigenvalue weighted by molar-refractivity contribution is -0.166. The molecule has 1 atom stereocenters. The number of hydrogen-bond acceptors (Lipinski definition) is 6. The molecule has 0 fully saturated rings. The van der Waals surface area contributed by atoms with Crippen molar-refractivity contribution in [2.24, 2.45) is 0 Å². The van der Waals surface area contributed by atoms with Gasteiger partial charge in [0.25, 0.3) is 0 Å². The molecular formula is C73H116O6. The summed E-state index contributed by atoms with van der Waals surface area (Å²) in [6.07, 6.45) is 95.4. The van der Waals surface area contributed by atoms with Gasteiger partial charge in [-0.2, -0.15) is 0 Å². The Morgan fingerprint density at radius 2 is 0.519 bits per heavy atom. The first kappa shape index (κ1) is 74.0. The van der Waals surface area contributed by atoms with Gasteiger partial charge in [-0.05, 0) is 135 Å². The average molecular weight is 1090 g/mol. The number of carbonyl (C=O) groups excluding carboxylic acids is 3. The highest BCUT2D eigenvalue weighted by molar-refractivity contribution is 5.71. The topological polar surface area (TPSA) is 78.9 Å². The van der Waals surface area contributed by atoms with Gasteiger partial charge in [0, 0.05) is 19.3 Å². The molecule has 6 nitrogen and oxygen atoms in total. The summed E-state index contributed by atoms with van der Waals surface area (Å²) in [7, 11) is 0. The van der Waals surface area contributed by atoms with Crippen LogP contribution in [0.1, 0.15) is 265 Å². The lowest BCUT2D eigenvalue weighted by atomic mass is 10.0. The van der Waals surface area contributed by atoms with Crippen molar-refractivity contribution in [3.8, 4) is 0 Å². The zero-order valence-corrected chi connectivity index (χ0v) is 50.8. The van der Waals surface area contributed by atoms with E-state index in [2.05, 4.69) is 167 Å². The number of unbranched alkanes of at least 4 members (excludes halogenated alkanes) is 19. The van der Waals surface area contributed by atoms with Gasteiger partial charge in [0.1, 0.15) is 13.2 Å². The average Bonchev–Trinajstić information content (AvgIpc) is 3.45. The van der Waals surface area contributed by atoms with Gasteiger partial charge in [0.15, 0.2) is 6.10 Å². The maximum absolute atomic E-state index is 12.9. The van der Waals surface area contributed by atoms with E-state index in [1.807, 2.05) is 12.2 Å². The number of carbonyl (C=O) groups is 3. The van der Waals surface area contributed by atoms with Gasteiger partial charge < -0.3 is 14.2 Å². The van der Waals surface area contributed by atoms with Crippen LogP contribution in [0.25, 0.3) is 0 Å². The summed E-state index contributed by atoms with van der Waals surface area (Å²) in [5, 5.41) is 0. The maximum atomic E-state index is 12.9. The fourth-order valence-corrected chi connectivity index (χ4v) is 8.29. The van der Waals surface area contributed by atoms with Crippen LogP contribution in [0.5, 0.6) is 0 Å². The summed E-state index contributed by atoms with van der Waals surface area (Å²) in [5.74, 6) is -1.05. The van der Waals surface area contributed by atoms with Crippen LogP contribution in [-0.2, 0) is 28.6 Å². The number of esters is 3. The number of allylic oxidation sites excluding steroid dienone is 26. The van der Waals surface area contributed by atoms with Crippen LogP contribution in [0.4, 0.5) is 0 Å². The number of rotatable bonds is 56. The van der Waals surface area contributed by atoms with Crippen molar-refractivity contribution in [2.45, 2.75) is 271 Å². The highest BCUT2D eigenvalue weighted by Crippen LogP contribution is 2.14. The fraction of sp³-hybridized carbons (Fsp3) is 0.603. The second-order valence-electron chi connectivity index (χ2n) is 20.5. The lowest BCUT2D eigenvalue weighted by Crippen LogP contribution is -2.30. The summed E-state index contributed by atoms with van der Waals surface area (Å²) >= 11 is 0. The van der Waals surface area contributed by atoms with Gasteiger partial charge in [-0.3, -0.25) is 14.4 Å². The Bertz CT molecular complexity index is 1780. The van der Waals surface area contributed by atoms with Crippen LogP contribution in [0.2, 0.25) is 0 Å². The summed E-state index contributed by atoms with van der Waals surface area (Å²) in [5.41, 5.74) is 0. The van der Waals surface area contributed by atoms with Crippen LogP contribution in [0, 0.1) is 0 Å². The predicted octanol–water partition coefficient (Wildman–Crippen LogP) is 22.1. The van der Waals surface area contributed by atoms with E-state index in [0.717, 1.165) is 122 Å². The molecule has 0 N–H and O–H groups in total. The van der Waals surface area contributed by atoms with Crippen LogP contribution in [-0.4, -0.2) is 37.2 Å². The second-order valence-corrected chi connectivity index (χ2v) is 20.5. The van der Waals surface area contributed by atoms with Crippen LogP contribution in [0.15, 0.2) is 158 Å². The van der Waals surface area contributed by atoms with E-state index in [-0.39, 0.29) is 31.6 Å². The Hall–Kier alpha value is -4.97. The Morgan fingerprint density at radius 1 is 0.266 bits per heavy atom. The molecule has 0 radical (unpaired) electrons. The molecule has 0 aliphatic heterocycles. The van der Waals surface area contributed by atoms with Gasteiger partial charge in [-0.25, -0.2) is 0 Å². The monoisotopic (exact) mass is 1090 g/mol. The van der Waals surface area contributed by atoms with Crippen molar-refractivity contribution in [2.75, 3.05) is 13.2 Å². The third kappa shape index (κ3) is 63.7. The van der Waals surface area contributed by atoms with E-state index in [1.165, 1.54) is 96.3 Å². The SMILES string of the molecule is CC/C=C\C/C=C\C/C=C\C/C=C\C/C=C\C/C=C\CCC(=O)OC(COC(=O)CCCCC/C=C\C/C=C\C/C=C\C/C=C\C/C=C\CC)COC(=O)CCCCCCCCCCCCC/C=C\C/C=C\CCCCCCC. The summed E-state index contributed by atoms with van der Waals surface area (Å²) in [4.78, 5) is 38.3. The second kappa shape index (κ2) is 65.5. The molecule has 0 spiro atoms. The molecule has 0 aliphatic carbocycles. The Kier molecular flexibility index (Phi) is 61.4. The van der Waals surface area contributed by atoms with Crippen molar-refractivity contribution in [3.05, 3.63) is 158 Å². The van der Waals surface area contributed by atoms with Crippen LogP contribution in [0.3, 0.4) is 0 Å². The van der Waals surface area contributed by atoms with Gasteiger partial charge in [0.05, 0.1) is 0 Å². The zero-order valence-electron chi connectivity index (χ0n) is 50.8. The standard InChI is InChI=1S/C73H116O6/c1-4-7-10-13-16-19-22-25-28-31-34-35-36-37-40-42-45-48-51-54-57-60-63-66-72(75)78-69-70(79-73(76)67-64-61-58-55-52-49-46-43-39-33-30-27-24-21-18-15-12-9-6-3)68-77-71(74)65-62-59-56-53-50-47-44-41-38-32-29-26-23-20-17-14-11-8-5-2/h8-9,11-12,17-18,20-22,25-27,29-31,34,38-39,41,43,47,49-50,52,58,61,70H,4-7,10,13-16,19,23-24,28,32-33,35-37,40,42,44-46,48,51,53-57,59-60,62-69H2,1-3H3/b11-8-,12-9-,20-17-,21-18-,25-22-,29-26-,30-27-,34-31-,41-38-,43-39-,50-47-,52-49-,61-58-. The molecule has 6 heteroatoms. The first-order valence-corrected chi connectivity index (χ1v) is 32.0. The maximum Gasteiger partial charge on any atom is 0.306 e. The molecule has 79 heavy (non-hydrogen) atoms. The van der Waals surface area contributed by atoms with Crippen molar-refractivity contribution in [3.63, 3.8) is 0 Å². The predicted molar refractivity (Wildman–Crippen MR) is 343 cm³/mol. The third-order valence-corrected chi connectivity index (χ3v) is 13.0. The van der Waals surface area contributed by atoms with Crippen molar-refractivity contribution in [1.29, 1.82) is 0 Å². The summed E-state index contributed by atoms with van der Waals surface area (Å²) < 4.78 is 16.8. The molecule has 0 heterocycles. The smallest absolute Gasteiger partial charge is 0.306 e. The van der Waals surface area contributed by atoms with Crippen molar-refractivity contribution >= 4 is 17.9 Å². The van der Waals surface area contributed by atoms with E-state index in [9.17, 15) is 14.4 Å². The van der Waals surface area contributed by atoms with Gasteiger partial charge in [-0.1, -0.05) is 269 Å². The first-order valence-electron chi connectivity index (χ1n) is 32.0. The quantitative estimate of drug-likeness (QED) is 0.0261. The fourth-order valence-electron chi connectivity index (χ4n) is 8.29. The molecule has 0 aromatic heterocycles. The van der Waals surface area contributed by atoms with Gasteiger partial charge in [0.2, 0.25) is 0 Å². The number of hydrogen-bond donors (Lipinski definition) is 0. The molecule has 0 amide bonds. The van der Waals surface area contributed by atoms with Crippen molar-refractivity contribution in [1.82, 2.24) is 0 Å². The molecule has 444 valence electrons. The van der Waals surface area contributed by atoms with Gasteiger partial charge >= 0.3 is 17.9 Å². The summed E-state index contributed by atoms with van der Waals surface area (Å²) in [6.45, 7) is 6.31. The Labute approximate surface area is 486 Å². The zero-order chi connectivity index (χ0) is 57.1. The molecule has 0 saturated heterocycles. The molecule has 0 saturated carbocycles. The first-order chi connectivity index (χ1) is 39.0. The van der Waals surface area contributed by atoms with E-state index in [4.69, 9.17) is 14.2 Å². The lowest BCUT2D eigenvalue weighted by Gasteiger charge is -2.18. The van der Waals surface area contributed by atoms with Crippen LogP contribution >= 0.6 is 0 Å². The molecule has 0 aliphatic rings. The molecule has 0 aromatic rings. The minimum atomic E-state index is -0.843. The molecule has 0 rings (SSSR count). The van der Waals surface area contributed by atoms with Crippen molar-refractivity contribution < 1.29 is 28.6 Å². The number of ether oxygens (including phenoxy) is 3. The molecule has 0 aromatic carbocycles. The molecule has 1 unspecified atom stereocenters. The third-order valence-electron chi connectivity index (χ3n) is 13.0. The summed E-state index contributed by atoms with van der Waals surface area (Å²) in [6, 6.07) is 0. The minimum absolute atomic E-state index is 0.126. The van der Waals surface area contributed by atoms with E-state index in [0.29, 0.717) is 19.3 Å². The van der Waals surface area contributed by atoms with Gasteiger partial charge in [-0.15, -0.1) is 0 Å². The normalized spacial score (nSPS) is 13.2.